The molecular formula is C15H12ClF2NO4S. The summed E-state index contributed by atoms with van der Waals surface area (Å²) in [7, 11) is -4.47. The number of aliphatic carboxylic acids is 1. The van der Waals surface area contributed by atoms with Gasteiger partial charge in [0.05, 0.1) is 10.6 Å². The van der Waals surface area contributed by atoms with Gasteiger partial charge in [-0.3, -0.25) is 0 Å². The second kappa shape index (κ2) is 6.74. The van der Waals surface area contributed by atoms with Gasteiger partial charge in [-0.1, -0.05) is 11.6 Å². The van der Waals surface area contributed by atoms with Crippen molar-refractivity contribution < 1.29 is 27.1 Å². The van der Waals surface area contributed by atoms with Gasteiger partial charge in [-0.2, -0.15) is 0 Å². The van der Waals surface area contributed by atoms with Crippen LogP contribution in [0.15, 0.2) is 47.4 Å². The number of halogens is 3. The van der Waals surface area contributed by atoms with Crippen LogP contribution in [-0.2, 0) is 14.8 Å². The van der Waals surface area contributed by atoms with Crippen LogP contribution in [0.4, 0.5) is 14.5 Å². The van der Waals surface area contributed by atoms with Crippen LogP contribution in [0.5, 0.6) is 0 Å². The number of carboxylic acid groups (broad SMARTS) is 1. The zero-order valence-electron chi connectivity index (χ0n) is 12.3. The Balaban J connectivity index is 2.68. The van der Waals surface area contributed by atoms with Crippen molar-refractivity contribution in [3.63, 3.8) is 0 Å². The first-order chi connectivity index (χ1) is 11.1. The molecule has 0 unspecified atom stereocenters. The molecule has 0 amide bonds. The minimum absolute atomic E-state index is 0.267. The zero-order chi connectivity index (χ0) is 18.1. The maximum Gasteiger partial charge on any atom is 0.327 e. The molecule has 2 aromatic rings. The van der Waals surface area contributed by atoms with Crippen molar-refractivity contribution >= 4 is 33.3 Å². The minimum Gasteiger partial charge on any atom is -0.480 e. The van der Waals surface area contributed by atoms with Crippen LogP contribution in [0.1, 0.15) is 6.92 Å². The molecule has 2 rings (SSSR count). The van der Waals surface area contributed by atoms with Gasteiger partial charge in [-0.05, 0) is 43.3 Å². The number of rotatable bonds is 5. The molecular weight excluding hydrogens is 364 g/mol. The van der Waals surface area contributed by atoms with Gasteiger partial charge < -0.3 is 5.11 Å². The van der Waals surface area contributed by atoms with E-state index in [1.54, 1.807) is 0 Å². The van der Waals surface area contributed by atoms with E-state index in [1.807, 2.05) is 0 Å². The van der Waals surface area contributed by atoms with Crippen LogP contribution < -0.4 is 4.31 Å². The summed E-state index contributed by atoms with van der Waals surface area (Å²) in [6.45, 7) is 1.06. The Bertz CT molecular complexity index is 872. The monoisotopic (exact) mass is 375 g/mol. The molecule has 0 aliphatic heterocycles. The molecule has 0 heterocycles. The topological polar surface area (TPSA) is 74.7 Å². The van der Waals surface area contributed by atoms with Crippen LogP contribution in [-0.4, -0.2) is 25.5 Å². The summed E-state index contributed by atoms with van der Waals surface area (Å²) in [5.41, 5.74) is -0.695. The lowest BCUT2D eigenvalue weighted by Gasteiger charge is -2.28. The van der Waals surface area contributed by atoms with Crippen LogP contribution >= 0.6 is 11.6 Å². The Labute approximate surface area is 142 Å². The molecule has 5 nitrogen and oxygen atoms in total. The van der Waals surface area contributed by atoms with E-state index in [0.29, 0.717) is 10.4 Å². The predicted octanol–water partition coefficient (Wildman–Crippen LogP) is 3.29. The Morgan fingerprint density at radius 2 is 1.75 bits per heavy atom. The molecule has 0 spiro atoms. The standard InChI is InChI=1S/C15H12ClF2NO4S/c1-9(15(20)21)19(14-8-11(17)4-7-13(14)18)24(22,23)12-5-2-10(16)3-6-12/h2-9H,1H3,(H,20,21)/t9-/m1/s1. The van der Waals surface area contributed by atoms with Gasteiger partial charge in [-0.15, -0.1) is 0 Å². The molecule has 0 fully saturated rings. The Hall–Kier alpha value is -2.19. The van der Waals surface area contributed by atoms with Crippen molar-refractivity contribution in [1.82, 2.24) is 0 Å². The van der Waals surface area contributed by atoms with E-state index in [0.717, 1.165) is 31.2 Å². The third kappa shape index (κ3) is 3.49. The number of hydrogen-bond acceptors (Lipinski definition) is 3. The maximum atomic E-state index is 14.1. The van der Waals surface area contributed by atoms with Crippen molar-refractivity contribution in [3.8, 4) is 0 Å². The number of nitrogens with zero attached hydrogens (tertiary/aromatic N) is 1. The number of carbonyl (C=O) groups is 1. The summed E-state index contributed by atoms with van der Waals surface area (Å²) in [5, 5.41) is 9.45. The summed E-state index contributed by atoms with van der Waals surface area (Å²) in [6, 6.07) is 5.37. The number of anilines is 1. The van der Waals surface area contributed by atoms with Crippen molar-refractivity contribution in [3.05, 3.63) is 59.1 Å². The fourth-order valence-corrected chi connectivity index (χ4v) is 3.76. The highest BCUT2D eigenvalue weighted by molar-refractivity contribution is 7.92. The van der Waals surface area contributed by atoms with Gasteiger partial charge in [0.25, 0.3) is 10.0 Å². The van der Waals surface area contributed by atoms with Crippen molar-refractivity contribution in [2.24, 2.45) is 0 Å². The third-order valence-electron chi connectivity index (χ3n) is 3.23. The number of sulfonamides is 1. The predicted molar refractivity (Wildman–Crippen MR) is 84.6 cm³/mol. The first kappa shape index (κ1) is 18.2. The van der Waals surface area contributed by atoms with E-state index in [1.165, 1.54) is 12.1 Å². The summed E-state index contributed by atoms with van der Waals surface area (Å²) in [5.74, 6) is -3.49. The van der Waals surface area contributed by atoms with Crippen LogP contribution in [0.3, 0.4) is 0 Å². The van der Waals surface area contributed by atoms with E-state index in [4.69, 9.17) is 11.6 Å². The highest BCUT2D eigenvalue weighted by Crippen LogP contribution is 2.30. The lowest BCUT2D eigenvalue weighted by molar-refractivity contribution is -0.137. The highest BCUT2D eigenvalue weighted by atomic mass is 35.5. The quantitative estimate of drug-likeness (QED) is 0.870. The number of benzene rings is 2. The smallest absolute Gasteiger partial charge is 0.327 e. The normalized spacial score (nSPS) is 12.7. The third-order valence-corrected chi connectivity index (χ3v) is 5.38. The van der Waals surface area contributed by atoms with E-state index in [2.05, 4.69) is 0 Å². The Morgan fingerprint density at radius 3 is 2.29 bits per heavy atom. The summed E-state index contributed by atoms with van der Waals surface area (Å²) in [4.78, 5) is 11.0. The fraction of sp³-hybridized carbons (Fsp3) is 0.133. The molecule has 0 aliphatic rings. The van der Waals surface area contributed by atoms with Crippen molar-refractivity contribution in [1.29, 1.82) is 0 Å². The Morgan fingerprint density at radius 1 is 1.17 bits per heavy atom. The Kier molecular flexibility index (Phi) is 5.10. The summed E-state index contributed by atoms with van der Waals surface area (Å²) >= 11 is 5.71. The SMILES string of the molecule is C[C@H](C(=O)O)N(c1cc(F)ccc1F)S(=O)(=O)c1ccc(Cl)cc1. The summed E-state index contributed by atoms with van der Waals surface area (Å²) < 4.78 is 53.4. The molecule has 0 aromatic heterocycles. The average Bonchev–Trinajstić information content (AvgIpc) is 2.51. The molecule has 9 heteroatoms. The van der Waals surface area contributed by atoms with Gasteiger partial charge in [0.15, 0.2) is 0 Å². The fourth-order valence-electron chi connectivity index (χ4n) is 2.02. The molecule has 1 atom stereocenters. The van der Waals surface area contributed by atoms with E-state index in [-0.39, 0.29) is 9.92 Å². The number of hydrogen-bond donors (Lipinski definition) is 1. The molecule has 0 saturated carbocycles. The summed E-state index contributed by atoms with van der Waals surface area (Å²) in [6.07, 6.45) is 0. The average molecular weight is 376 g/mol. The first-order valence-electron chi connectivity index (χ1n) is 6.62. The van der Waals surface area contributed by atoms with Gasteiger partial charge in [-0.25, -0.2) is 26.3 Å². The molecule has 0 bridgehead atoms. The lowest BCUT2D eigenvalue weighted by atomic mass is 10.2. The molecule has 0 radical (unpaired) electrons. The van der Waals surface area contributed by atoms with Gasteiger partial charge in [0.1, 0.15) is 17.7 Å². The second-order valence-corrected chi connectivity index (χ2v) is 7.12. The molecule has 2 aromatic carbocycles. The van der Waals surface area contributed by atoms with Gasteiger partial charge in [0.2, 0.25) is 0 Å². The van der Waals surface area contributed by atoms with E-state index in [9.17, 15) is 27.1 Å². The molecule has 1 N–H and O–H groups in total. The van der Waals surface area contributed by atoms with E-state index < -0.39 is 39.4 Å². The molecule has 0 saturated heterocycles. The zero-order valence-corrected chi connectivity index (χ0v) is 13.9. The largest absolute Gasteiger partial charge is 0.480 e. The van der Waals surface area contributed by atoms with Crippen LogP contribution in [0.2, 0.25) is 5.02 Å². The number of carboxylic acids is 1. The first-order valence-corrected chi connectivity index (χ1v) is 8.44. The van der Waals surface area contributed by atoms with Crippen LogP contribution in [0, 0.1) is 11.6 Å². The molecule has 0 aliphatic carbocycles. The second-order valence-electron chi connectivity index (χ2n) is 4.86. The lowest BCUT2D eigenvalue weighted by Crippen LogP contribution is -2.44. The van der Waals surface area contributed by atoms with Crippen LogP contribution in [0.25, 0.3) is 0 Å². The van der Waals surface area contributed by atoms with Gasteiger partial charge in [0, 0.05) is 11.1 Å². The molecule has 24 heavy (non-hydrogen) atoms. The van der Waals surface area contributed by atoms with Crippen molar-refractivity contribution in [2.45, 2.75) is 17.9 Å². The molecule has 128 valence electrons. The minimum atomic E-state index is -4.47. The maximum absolute atomic E-state index is 14.1. The van der Waals surface area contributed by atoms with Crippen molar-refractivity contribution in [2.75, 3.05) is 4.31 Å². The van der Waals surface area contributed by atoms with E-state index >= 15 is 0 Å². The van der Waals surface area contributed by atoms with Gasteiger partial charge >= 0.3 is 5.97 Å². The highest BCUT2D eigenvalue weighted by Gasteiger charge is 2.35.